The van der Waals surface area contributed by atoms with Gasteiger partial charge in [0.1, 0.15) is 11.3 Å². The molecule has 0 radical (unpaired) electrons. The van der Waals surface area contributed by atoms with Crippen LogP contribution in [-0.4, -0.2) is 39.5 Å². The van der Waals surface area contributed by atoms with E-state index in [-0.39, 0.29) is 0 Å². The van der Waals surface area contributed by atoms with Crippen molar-refractivity contribution in [2.75, 3.05) is 25.0 Å². The molecule has 1 N–H and O–H groups in total. The standard InChI is InChI=1S/C27H26F3N5OS/c1-17(2)31-26-34-25-21(6-5-7-22(25)37-26)36-24-16-20(18-8-10-19(11-9-18)27(28,29)30)32-23(33-24)12-15-35-13-3-4-14-35/h5-11,16H,1,3-4,12-15H2,2H3,(H,31,34). The highest BCUT2D eigenvalue weighted by Gasteiger charge is 2.30. The second kappa shape index (κ2) is 10.5. The van der Waals surface area contributed by atoms with Gasteiger partial charge >= 0.3 is 6.18 Å². The topological polar surface area (TPSA) is 63.2 Å². The first kappa shape index (κ1) is 25.2. The van der Waals surface area contributed by atoms with Gasteiger partial charge in [0.25, 0.3) is 0 Å². The van der Waals surface area contributed by atoms with Gasteiger partial charge in [-0.2, -0.15) is 18.2 Å². The summed E-state index contributed by atoms with van der Waals surface area (Å²) in [6.07, 6.45) is -1.43. The van der Waals surface area contributed by atoms with Crippen LogP contribution < -0.4 is 10.1 Å². The summed E-state index contributed by atoms with van der Waals surface area (Å²) in [5, 5.41) is 3.84. The third-order valence-corrected chi connectivity index (χ3v) is 6.96. The van der Waals surface area contributed by atoms with Crippen LogP contribution in [0.2, 0.25) is 0 Å². The predicted octanol–water partition coefficient (Wildman–Crippen LogP) is 7.15. The molecule has 0 amide bonds. The van der Waals surface area contributed by atoms with E-state index in [1.54, 1.807) is 6.07 Å². The number of fused-ring (bicyclic) bond motifs is 1. The van der Waals surface area contributed by atoms with E-state index >= 15 is 0 Å². The number of aromatic nitrogens is 3. The maximum absolute atomic E-state index is 13.1. The van der Waals surface area contributed by atoms with Crippen LogP contribution in [0.5, 0.6) is 11.6 Å². The van der Waals surface area contributed by atoms with Crippen molar-refractivity contribution in [3.05, 3.63) is 72.2 Å². The lowest BCUT2D eigenvalue weighted by molar-refractivity contribution is -0.137. The summed E-state index contributed by atoms with van der Waals surface area (Å²) in [4.78, 5) is 16.3. The first-order valence-electron chi connectivity index (χ1n) is 12.0. The Morgan fingerprint density at radius 3 is 2.54 bits per heavy atom. The molecule has 5 rings (SSSR count). The fourth-order valence-electron chi connectivity index (χ4n) is 4.23. The molecule has 3 heterocycles. The normalized spacial score (nSPS) is 14.3. The molecule has 0 aliphatic carbocycles. The molecular weight excluding hydrogens is 499 g/mol. The quantitative estimate of drug-likeness (QED) is 0.264. The first-order chi connectivity index (χ1) is 17.7. The lowest BCUT2D eigenvalue weighted by Gasteiger charge is -2.15. The number of allylic oxidation sites excluding steroid dienone is 1. The zero-order chi connectivity index (χ0) is 26.0. The molecule has 0 bridgehead atoms. The molecule has 0 atom stereocenters. The maximum Gasteiger partial charge on any atom is 0.416 e. The van der Waals surface area contributed by atoms with Gasteiger partial charge in [-0.05, 0) is 57.1 Å². The van der Waals surface area contributed by atoms with Crippen LogP contribution in [0.4, 0.5) is 18.3 Å². The van der Waals surface area contributed by atoms with Gasteiger partial charge in [0.05, 0.1) is 16.0 Å². The highest BCUT2D eigenvalue weighted by molar-refractivity contribution is 7.22. The smallest absolute Gasteiger partial charge is 0.416 e. The van der Waals surface area contributed by atoms with E-state index in [9.17, 15) is 13.2 Å². The highest BCUT2D eigenvalue weighted by atomic mass is 32.1. The average molecular weight is 526 g/mol. The minimum atomic E-state index is -4.40. The minimum absolute atomic E-state index is 0.316. The molecule has 2 aromatic carbocycles. The number of ether oxygens (including phenoxy) is 1. The lowest BCUT2D eigenvalue weighted by atomic mass is 10.1. The van der Waals surface area contributed by atoms with Crippen LogP contribution in [0.15, 0.2) is 60.8 Å². The average Bonchev–Trinajstić information content (AvgIpc) is 3.52. The molecule has 1 aliphatic rings. The summed E-state index contributed by atoms with van der Waals surface area (Å²) in [5.41, 5.74) is 1.82. The van der Waals surface area contributed by atoms with Gasteiger partial charge < -0.3 is 15.0 Å². The molecule has 4 aromatic rings. The number of benzene rings is 2. The fourth-order valence-corrected chi connectivity index (χ4v) is 5.19. The van der Waals surface area contributed by atoms with Gasteiger partial charge in [0.2, 0.25) is 5.88 Å². The zero-order valence-electron chi connectivity index (χ0n) is 20.3. The molecule has 192 valence electrons. The molecule has 0 saturated carbocycles. The summed E-state index contributed by atoms with van der Waals surface area (Å²) in [5.74, 6) is 1.43. The van der Waals surface area contributed by atoms with E-state index in [2.05, 4.69) is 31.7 Å². The summed E-state index contributed by atoms with van der Waals surface area (Å²) < 4.78 is 46.4. The van der Waals surface area contributed by atoms with Crippen LogP contribution in [0.1, 0.15) is 31.2 Å². The Morgan fingerprint density at radius 1 is 1.08 bits per heavy atom. The molecule has 6 nitrogen and oxygen atoms in total. The number of anilines is 1. The maximum atomic E-state index is 13.1. The van der Waals surface area contributed by atoms with E-state index < -0.39 is 11.7 Å². The van der Waals surface area contributed by atoms with Crippen molar-refractivity contribution in [3.8, 4) is 22.9 Å². The molecule has 1 fully saturated rings. The van der Waals surface area contributed by atoms with Gasteiger partial charge in [-0.1, -0.05) is 36.1 Å². The van der Waals surface area contributed by atoms with Crippen molar-refractivity contribution >= 4 is 26.7 Å². The number of nitrogens with one attached hydrogen (secondary N) is 1. The summed E-state index contributed by atoms with van der Waals surface area (Å²) >= 11 is 1.49. The van der Waals surface area contributed by atoms with Crippen molar-refractivity contribution < 1.29 is 17.9 Å². The number of hydrogen-bond donors (Lipinski definition) is 1. The third-order valence-electron chi connectivity index (χ3n) is 6.02. The Balaban J connectivity index is 1.48. The Hall–Kier alpha value is -3.50. The number of likely N-dealkylation sites (tertiary alicyclic amines) is 1. The van der Waals surface area contributed by atoms with Crippen molar-refractivity contribution in [1.29, 1.82) is 0 Å². The molecule has 2 aromatic heterocycles. The number of nitrogens with zero attached hydrogens (tertiary/aromatic N) is 4. The number of halogens is 3. The summed E-state index contributed by atoms with van der Waals surface area (Å²) in [6.45, 7) is 8.64. The molecule has 1 aliphatic heterocycles. The van der Waals surface area contributed by atoms with Gasteiger partial charge in [0, 0.05) is 30.3 Å². The van der Waals surface area contributed by atoms with Crippen molar-refractivity contribution in [1.82, 2.24) is 19.9 Å². The molecule has 37 heavy (non-hydrogen) atoms. The molecule has 10 heteroatoms. The summed E-state index contributed by atoms with van der Waals surface area (Å²) in [7, 11) is 0. The second-order valence-electron chi connectivity index (χ2n) is 9.01. The Labute approximate surface area is 216 Å². The van der Waals surface area contributed by atoms with Crippen molar-refractivity contribution in [2.24, 2.45) is 0 Å². The molecule has 0 spiro atoms. The van der Waals surface area contributed by atoms with Crippen LogP contribution in [-0.2, 0) is 12.6 Å². The summed E-state index contributed by atoms with van der Waals surface area (Å²) in [6, 6.07) is 12.3. The zero-order valence-corrected chi connectivity index (χ0v) is 21.1. The number of thiazole rings is 1. The third kappa shape index (κ3) is 6.08. The minimum Gasteiger partial charge on any atom is -0.437 e. The van der Waals surface area contributed by atoms with Gasteiger partial charge in [0.15, 0.2) is 10.9 Å². The first-order valence-corrected chi connectivity index (χ1v) is 12.8. The van der Waals surface area contributed by atoms with E-state index in [0.29, 0.717) is 45.8 Å². The predicted molar refractivity (Wildman–Crippen MR) is 140 cm³/mol. The highest BCUT2D eigenvalue weighted by Crippen LogP contribution is 2.36. The van der Waals surface area contributed by atoms with E-state index in [4.69, 9.17) is 4.74 Å². The van der Waals surface area contributed by atoms with Gasteiger partial charge in [-0.15, -0.1) is 0 Å². The van der Waals surface area contributed by atoms with E-state index in [1.165, 1.54) is 36.3 Å². The Kier molecular flexibility index (Phi) is 7.12. The monoisotopic (exact) mass is 525 g/mol. The second-order valence-corrected chi connectivity index (χ2v) is 10.0. The molecular formula is C27H26F3N5OS. The fraction of sp³-hybridized carbons (Fsp3) is 0.296. The number of rotatable bonds is 8. The molecule has 0 unspecified atom stereocenters. The number of alkyl halides is 3. The van der Waals surface area contributed by atoms with Crippen molar-refractivity contribution in [2.45, 2.75) is 32.4 Å². The van der Waals surface area contributed by atoms with Crippen LogP contribution in [0.25, 0.3) is 21.5 Å². The largest absolute Gasteiger partial charge is 0.437 e. The number of hydrogen-bond acceptors (Lipinski definition) is 7. The Bertz CT molecular complexity index is 1410. The Morgan fingerprint density at radius 2 is 1.84 bits per heavy atom. The molecule has 1 saturated heterocycles. The van der Waals surface area contributed by atoms with Crippen molar-refractivity contribution in [3.63, 3.8) is 0 Å². The van der Waals surface area contributed by atoms with Gasteiger partial charge in [-0.3, -0.25) is 0 Å². The number of para-hydroxylation sites is 1. The van der Waals surface area contributed by atoms with E-state index in [0.717, 1.165) is 42.2 Å². The van der Waals surface area contributed by atoms with E-state index in [1.807, 2.05) is 25.1 Å². The van der Waals surface area contributed by atoms with Crippen LogP contribution >= 0.6 is 11.3 Å². The lowest BCUT2D eigenvalue weighted by Crippen LogP contribution is -2.22. The van der Waals surface area contributed by atoms with Crippen LogP contribution in [0.3, 0.4) is 0 Å². The SMILES string of the molecule is C=C(C)Nc1nc2c(Oc3cc(-c4ccc(C(F)(F)F)cc4)nc(CCN4CCCC4)n3)cccc2s1. The van der Waals surface area contributed by atoms with Crippen LogP contribution in [0, 0.1) is 0 Å². The van der Waals surface area contributed by atoms with Gasteiger partial charge in [-0.25, -0.2) is 9.97 Å².